The van der Waals surface area contributed by atoms with Crippen molar-refractivity contribution in [3.8, 4) is 11.5 Å². The minimum atomic E-state index is -0.360. The van der Waals surface area contributed by atoms with E-state index in [-0.39, 0.29) is 17.4 Å². The van der Waals surface area contributed by atoms with E-state index in [1.807, 2.05) is 12.1 Å². The summed E-state index contributed by atoms with van der Waals surface area (Å²) in [7, 11) is 3.79. The number of amides is 1. The molecule has 0 aliphatic carbocycles. The van der Waals surface area contributed by atoms with Crippen LogP contribution < -0.4 is 15.2 Å². The van der Waals surface area contributed by atoms with Crippen LogP contribution in [0.15, 0.2) is 23.8 Å². The van der Waals surface area contributed by atoms with Crippen molar-refractivity contribution in [1.29, 1.82) is 0 Å². The van der Waals surface area contributed by atoms with Crippen molar-refractivity contribution >= 4 is 12.0 Å². The second-order valence-corrected chi connectivity index (χ2v) is 8.08. The number of nitrogens with zero attached hydrogens (tertiary/aromatic N) is 2. The van der Waals surface area contributed by atoms with E-state index in [4.69, 9.17) is 15.2 Å². The summed E-state index contributed by atoms with van der Waals surface area (Å²) in [5, 5.41) is 0. The summed E-state index contributed by atoms with van der Waals surface area (Å²) >= 11 is 0. The summed E-state index contributed by atoms with van der Waals surface area (Å²) in [6.45, 7) is 4.24. The molecule has 0 spiro atoms. The largest absolute Gasteiger partial charge is 0.493 e. The fourth-order valence-electron chi connectivity index (χ4n) is 5.01. The number of benzene rings is 1. The van der Waals surface area contributed by atoms with Gasteiger partial charge in [-0.15, -0.1) is 0 Å². The molecule has 146 valence electrons. The maximum Gasteiger partial charge on any atom is 0.225 e. The molecule has 1 amide bonds. The Bertz CT molecular complexity index is 763. The third-order valence-electron chi connectivity index (χ3n) is 6.52. The Morgan fingerprint density at radius 1 is 1.37 bits per heavy atom. The molecule has 3 heterocycles. The van der Waals surface area contributed by atoms with Gasteiger partial charge in [0.05, 0.1) is 12.5 Å². The van der Waals surface area contributed by atoms with E-state index in [2.05, 4.69) is 29.0 Å². The lowest BCUT2D eigenvalue weighted by atomic mass is 9.68. The standard InChI is InChI=1S/C21H29N3O3/c1-23-9-4-7-21(20(22)25)8-10-24(13-18(21)23)12-15-11-16-5-3-6-17(26-2)19(16)27-14-15/h3,5-6,11,18H,4,7-10,12-14H2,1-2H3,(H2,22,25)/t18-,21+/m0/s1. The smallest absolute Gasteiger partial charge is 0.225 e. The molecule has 1 aromatic rings. The summed E-state index contributed by atoms with van der Waals surface area (Å²) in [4.78, 5) is 17.0. The van der Waals surface area contributed by atoms with Gasteiger partial charge in [0.25, 0.3) is 0 Å². The van der Waals surface area contributed by atoms with Crippen LogP contribution in [-0.4, -0.2) is 68.7 Å². The third kappa shape index (κ3) is 3.21. The zero-order chi connectivity index (χ0) is 19.0. The SMILES string of the molecule is COc1cccc2c1OCC(CN1CC[C@]3(C(N)=O)CCCN(C)[C@H]3C1)=C2. The minimum absolute atomic E-state index is 0.125. The molecule has 1 aromatic carbocycles. The van der Waals surface area contributed by atoms with Crippen LogP contribution in [0.4, 0.5) is 0 Å². The molecule has 0 radical (unpaired) electrons. The molecule has 2 N–H and O–H groups in total. The van der Waals surface area contributed by atoms with Gasteiger partial charge >= 0.3 is 0 Å². The second kappa shape index (κ2) is 7.17. The number of para-hydroxylation sites is 1. The molecule has 0 bridgehead atoms. The second-order valence-electron chi connectivity index (χ2n) is 8.08. The highest BCUT2D eigenvalue weighted by atomic mass is 16.5. The third-order valence-corrected chi connectivity index (χ3v) is 6.52. The first-order valence-electron chi connectivity index (χ1n) is 9.75. The molecular weight excluding hydrogens is 342 g/mol. The number of hydrogen-bond acceptors (Lipinski definition) is 5. The van der Waals surface area contributed by atoms with Gasteiger partial charge < -0.3 is 20.1 Å². The van der Waals surface area contributed by atoms with Gasteiger partial charge in [-0.25, -0.2) is 0 Å². The predicted octanol–water partition coefficient (Wildman–Crippen LogP) is 1.74. The first kappa shape index (κ1) is 18.3. The number of rotatable bonds is 4. The normalized spacial score (nSPS) is 28.5. The highest BCUT2D eigenvalue weighted by Gasteiger charge is 2.50. The molecule has 2 fully saturated rings. The summed E-state index contributed by atoms with van der Waals surface area (Å²) in [6.07, 6.45) is 5.02. The highest BCUT2D eigenvalue weighted by molar-refractivity contribution is 5.82. The molecule has 6 heteroatoms. The van der Waals surface area contributed by atoms with E-state index in [1.165, 1.54) is 5.57 Å². The van der Waals surface area contributed by atoms with Crippen molar-refractivity contribution in [3.63, 3.8) is 0 Å². The number of carbonyl (C=O) groups excluding carboxylic acids is 1. The number of nitrogens with two attached hydrogens (primary N) is 1. The maximum atomic E-state index is 12.3. The Morgan fingerprint density at radius 3 is 3.00 bits per heavy atom. The molecule has 4 rings (SSSR count). The van der Waals surface area contributed by atoms with Crippen LogP contribution in [0.3, 0.4) is 0 Å². The number of fused-ring (bicyclic) bond motifs is 2. The van der Waals surface area contributed by atoms with Crippen LogP contribution in [0.5, 0.6) is 11.5 Å². The number of likely N-dealkylation sites (N-methyl/N-ethyl adjacent to an activating group) is 1. The maximum absolute atomic E-state index is 12.3. The number of hydrogen-bond donors (Lipinski definition) is 1. The lowest BCUT2D eigenvalue weighted by Crippen LogP contribution is -2.64. The van der Waals surface area contributed by atoms with Crippen molar-refractivity contribution in [3.05, 3.63) is 29.3 Å². The molecule has 0 unspecified atom stereocenters. The van der Waals surface area contributed by atoms with E-state index in [0.717, 1.165) is 62.5 Å². The Morgan fingerprint density at radius 2 is 2.22 bits per heavy atom. The molecule has 3 aliphatic rings. The van der Waals surface area contributed by atoms with Gasteiger partial charge in [-0.05, 0) is 57.1 Å². The van der Waals surface area contributed by atoms with Gasteiger partial charge in [0.2, 0.25) is 5.91 Å². The van der Waals surface area contributed by atoms with Crippen LogP contribution in [-0.2, 0) is 4.79 Å². The highest BCUT2D eigenvalue weighted by Crippen LogP contribution is 2.42. The topological polar surface area (TPSA) is 68.0 Å². The first-order chi connectivity index (χ1) is 13.0. The lowest BCUT2D eigenvalue weighted by molar-refractivity contribution is -0.140. The zero-order valence-corrected chi connectivity index (χ0v) is 16.2. The molecule has 3 aliphatic heterocycles. The molecule has 27 heavy (non-hydrogen) atoms. The van der Waals surface area contributed by atoms with Crippen LogP contribution in [0.25, 0.3) is 6.08 Å². The quantitative estimate of drug-likeness (QED) is 0.873. The summed E-state index contributed by atoms with van der Waals surface area (Å²) in [5.41, 5.74) is 7.81. The van der Waals surface area contributed by atoms with E-state index < -0.39 is 0 Å². The van der Waals surface area contributed by atoms with Crippen molar-refractivity contribution in [2.45, 2.75) is 25.3 Å². The van der Waals surface area contributed by atoms with E-state index in [1.54, 1.807) is 7.11 Å². The Hall–Kier alpha value is -2.05. The lowest BCUT2D eigenvalue weighted by Gasteiger charge is -2.52. The van der Waals surface area contributed by atoms with Crippen LogP contribution in [0.1, 0.15) is 24.8 Å². The Kier molecular flexibility index (Phi) is 4.86. The van der Waals surface area contributed by atoms with Crippen LogP contribution in [0, 0.1) is 5.41 Å². The average molecular weight is 371 g/mol. The molecule has 0 saturated carbocycles. The fraction of sp³-hybridized carbons (Fsp3) is 0.571. The van der Waals surface area contributed by atoms with E-state index >= 15 is 0 Å². The van der Waals surface area contributed by atoms with Gasteiger partial charge in [-0.1, -0.05) is 12.1 Å². The molecule has 2 atom stereocenters. The molecular formula is C21H29N3O3. The number of piperidine rings is 2. The summed E-state index contributed by atoms with van der Waals surface area (Å²) in [5.74, 6) is 1.47. The van der Waals surface area contributed by atoms with Gasteiger partial charge in [-0.3, -0.25) is 9.69 Å². The Labute approximate surface area is 160 Å². The first-order valence-corrected chi connectivity index (χ1v) is 9.75. The Balaban J connectivity index is 1.50. The molecule has 0 aromatic heterocycles. The van der Waals surface area contributed by atoms with Gasteiger partial charge in [0.15, 0.2) is 11.5 Å². The summed E-state index contributed by atoms with van der Waals surface area (Å²) < 4.78 is 11.4. The average Bonchev–Trinajstić information content (AvgIpc) is 2.68. The summed E-state index contributed by atoms with van der Waals surface area (Å²) in [6, 6.07) is 6.17. The number of primary amides is 1. The van der Waals surface area contributed by atoms with Crippen molar-refractivity contribution in [2.24, 2.45) is 11.1 Å². The zero-order valence-electron chi connectivity index (χ0n) is 16.2. The number of likely N-dealkylation sites (tertiary alicyclic amines) is 2. The monoisotopic (exact) mass is 371 g/mol. The number of carbonyl (C=O) groups is 1. The molecule has 6 nitrogen and oxygen atoms in total. The van der Waals surface area contributed by atoms with Gasteiger partial charge in [-0.2, -0.15) is 0 Å². The number of ether oxygens (including phenoxy) is 2. The van der Waals surface area contributed by atoms with Crippen molar-refractivity contribution in [1.82, 2.24) is 9.80 Å². The molecule has 2 saturated heterocycles. The van der Waals surface area contributed by atoms with Crippen LogP contribution in [0.2, 0.25) is 0 Å². The minimum Gasteiger partial charge on any atom is -0.493 e. The van der Waals surface area contributed by atoms with E-state index in [0.29, 0.717) is 6.61 Å². The van der Waals surface area contributed by atoms with E-state index in [9.17, 15) is 4.79 Å². The fourth-order valence-corrected chi connectivity index (χ4v) is 5.01. The predicted molar refractivity (Wildman–Crippen MR) is 105 cm³/mol. The van der Waals surface area contributed by atoms with Crippen LogP contribution >= 0.6 is 0 Å². The number of methoxy groups -OCH3 is 1. The van der Waals surface area contributed by atoms with Gasteiger partial charge in [0, 0.05) is 24.7 Å². The van der Waals surface area contributed by atoms with Gasteiger partial charge in [0.1, 0.15) is 6.61 Å². The van der Waals surface area contributed by atoms with Crippen molar-refractivity contribution in [2.75, 3.05) is 46.9 Å². The van der Waals surface area contributed by atoms with Crippen molar-refractivity contribution < 1.29 is 14.3 Å².